The number of anilines is 1. The molecule has 6 nitrogen and oxygen atoms in total. The minimum Gasteiger partial charge on any atom is -0.497 e. The lowest BCUT2D eigenvalue weighted by Crippen LogP contribution is -2.23. The van der Waals surface area contributed by atoms with Crippen molar-refractivity contribution in [3.05, 3.63) is 90.6 Å². The van der Waals surface area contributed by atoms with Gasteiger partial charge in [0.05, 0.1) is 19.9 Å². The summed E-state index contributed by atoms with van der Waals surface area (Å²) in [4.78, 5) is 0. The summed E-state index contributed by atoms with van der Waals surface area (Å²) in [7, 11) is 1.64. The summed E-state index contributed by atoms with van der Waals surface area (Å²) in [6.45, 7) is 1.51. The Hall–Kier alpha value is -3.84. The lowest BCUT2D eigenvalue weighted by Gasteiger charge is -2.07. The summed E-state index contributed by atoms with van der Waals surface area (Å²) in [5.41, 5.74) is 5.93. The molecule has 0 radical (unpaired) electrons. The number of hydrogen-bond acceptors (Lipinski definition) is 4. The third-order valence-electron chi connectivity index (χ3n) is 5.09. The van der Waals surface area contributed by atoms with Crippen molar-refractivity contribution in [3.63, 3.8) is 0 Å². The van der Waals surface area contributed by atoms with Crippen LogP contribution in [-0.2, 0) is 6.54 Å². The van der Waals surface area contributed by atoms with E-state index < -0.39 is 0 Å². The second-order valence-electron chi connectivity index (χ2n) is 7.36. The van der Waals surface area contributed by atoms with Crippen LogP contribution in [0.5, 0.6) is 11.5 Å². The largest absolute Gasteiger partial charge is 0.497 e. The van der Waals surface area contributed by atoms with E-state index in [1.54, 1.807) is 13.3 Å². The zero-order valence-electron chi connectivity index (χ0n) is 18.4. The Bertz CT molecular complexity index is 1220. The molecule has 33 heavy (non-hydrogen) atoms. The summed E-state index contributed by atoms with van der Waals surface area (Å²) in [5, 5.41) is 8.99. The molecule has 0 spiro atoms. The van der Waals surface area contributed by atoms with E-state index in [1.807, 2.05) is 66.7 Å². The number of nitrogens with zero attached hydrogens (tertiary/aromatic N) is 2. The number of thiocarbonyl (C=S) groups is 1. The quantitative estimate of drug-likeness (QED) is 0.151. The van der Waals surface area contributed by atoms with Crippen molar-refractivity contribution in [2.75, 3.05) is 19.0 Å². The van der Waals surface area contributed by atoms with Gasteiger partial charge in [0.2, 0.25) is 0 Å². The molecule has 0 unspecified atom stereocenters. The SMILES string of the molecule is COc1ccc(NC(=S)N/N=C/c2cn(CCCOc3ccccc3)c3ccccc23)cc1. The zero-order chi connectivity index (χ0) is 22.9. The van der Waals surface area contributed by atoms with E-state index in [2.05, 4.69) is 38.7 Å². The van der Waals surface area contributed by atoms with Gasteiger partial charge in [-0.15, -0.1) is 0 Å². The van der Waals surface area contributed by atoms with Crippen LogP contribution in [0.4, 0.5) is 5.69 Å². The van der Waals surface area contributed by atoms with Crippen molar-refractivity contribution < 1.29 is 9.47 Å². The predicted molar refractivity (Wildman–Crippen MR) is 138 cm³/mol. The number of fused-ring (bicyclic) bond motifs is 1. The van der Waals surface area contributed by atoms with Crippen molar-refractivity contribution in [3.8, 4) is 11.5 Å². The van der Waals surface area contributed by atoms with Crippen molar-refractivity contribution in [1.29, 1.82) is 0 Å². The second kappa shape index (κ2) is 11.2. The summed E-state index contributed by atoms with van der Waals surface area (Å²) in [6.07, 6.45) is 4.80. The molecular formula is C26H26N4O2S. The molecule has 3 aromatic carbocycles. The monoisotopic (exact) mass is 458 g/mol. The molecule has 0 fully saturated rings. The minimum absolute atomic E-state index is 0.415. The summed E-state index contributed by atoms with van der Waals surface area (Å²) in [6, 6.07) is 25.7. The molecule has 0 amide bonds. The number of aromatic nitrogens is 1. The van der Waals surface area contributed by atoms with Crippen LogP contribution >= 0.6 is 12.2 Å². The smallest absolute Gasteiger partial charge is 0.191 e. The third-order valence-corrected chi connectivity index (χ3v) is 5.29. The highest BCUT2D eigenvalue weighted by atomic mass is 32.1. The summed E-state index contributed by atoms with van der Waals surface area (Å²) in [5.74, 6) is 1.69. The number of benzene rings is 3. The van der Waals surface area contributed by atoms with Crippen LogP contribution in [0.15, 0.2) is 90.2 Å². The molecule has 0 saturated heterocycles. The first-order valence-corrected chi connectivity index (χ1v) is 11.1. The maximum atomic E-state index is 5.82. The molecule has 1 heterocycles. The number of hydrogen-bond donors (Lipinski definition) is 2. The first kappa shape index (κ1) is 22.4. The molecule has 4 aromatic rings. The number of para-hydroxylation sites is 2. The first-order valence-electron chi connectivity index (χ1n) is 10.7. The van der Waals surface area contributed by atoms with Gasteiger partial charge in [0.25, 0.3) is 0 Å². The minimum atomic E-state index is 0.415. The van der Waals surface area contributed by atoms with Crippen LogP contribution in [0, 0.1) is 0 Å². The molecule has 0 atom stereocenters. The molecule has 2 N–H and O–H groups in total. The van der Waals surface area contributed by atoms with E-state index in [9.17, 15) is 0 Å². The molecule has 1 aromatic heterocycles. The van der Waals surface area contributed by atoms with E-state index in [1.165, 1.54) is 0 Å². The van der Waals surface area contributed by atoms with Gasteiger partial charge in [-0.2, -0.15) is 5.10 Å². The van der Waals surface area contributed by atoms with E-state index in [4.69, 9.17) is 21.7 Å². The number of aryl methyl sites for hydroxylation is 1. The average Bonchev–Trinajstić information content (AvgIpc) is 3.20. The van der Waals surface area contributed by atoms with Gasteiger partial charge >= 0.3 is 0 Å². The molecule has 0 bridgehead atoms. The number of rotatable bonds is 9. The van der Waals surface area contributed by atoms with Gasteiger partial charge in [-0.3, -0.25) is 5.43 Å². The molecular weight excluding hydrogens is 432 g/mol. The molecule has 0 aliphatic carbocycles. The van der Waals surface area contributed by atoms with Crippen LogP contribution in [0.3, 0.4) is 0 Å². The second-order valence-corrected chi connectivity index (χ2v) is 7.77. The Kier molecular flexibility index (Phi) is 7.56. The maximum absolute atomic E-state index is 5.82. The fourth-order valence-corrected chi connectivity index (χ4v) is 3.67. The highest BCUT2D eigenvalue weighted by Crippen LogP contribution is 2.20. The zero-order valence-corrected chi connectivity index (χ0v) is 19.2. The fourth-order valence-electron chi connectivity index (χ4n) is 3.50. The van der Waals surface area contributed by atoms with E-state index in [0.29, 0.717) is 11.7 Å². The van der Waals surface area contributed by atoms with Gasteiger partial charge in [-0.05, 0) is 61.1 Å². The Morgan fingerprint density at radius 2 is 1.73 bits per heavy atom. The maximum Gasteiger partial charge on any atom is 0.191 e. The number of methoxy groups -OCH3 is 1. The van der Waals surface area contributed by atoms with Gasteiger partial charge < -0.3 is 19.4 Å². The highest BCUT2D eigenvalue weighted by Gasteiger charge is 2.07. The fraction of sp³-hybridized carbons (Fsp3) is 0.154. The van der Waals surface area contributed by atoms with Gasteiger partial charge in [-0.1, -0.05) is 36.4 Å². The summed E-state index contributed by atoms with van der Waals surface area (Å²) < 4.78 is 13.2. The third kappa shape index (κ3) is 6.11. The van der Waals surface area contributed by atoms with Gasteiger partial charge in [0.1, 0.15) is 11.5 Å². The first-order chi connectivity index (χ1) is 16.2. The van der Waals surface area contributed by atoms with Gasteiger partial charge in [-0.25, -0.2) is 0 Å². The molecule has 168 valence electrons. The number of nitrogens with one attached hydrogen (secondary N) is 2. The lowest BCUT2D eigenvalue weighted by atomic mass is 10.2. The van der Waals surface area contributed by atoms with Crippen molar-refractivity contribution in [1.82, 2.24) is 9.99 Å². The van der Waals surface area contributed by atoms with E-state index in [0.717, 1.165) is 46.6 Å². The van der Waals surface area contributed by atoms with Crippen molar-refractivity contribution in [2.45, 2.75) is 13.0 Å². The standard InChI is InChI=1S/C26H26N4O2S/c1-31-22-14-12-21(13-15-22)28-26(33)29-27-18-20-19-30(25-11-6-5-10-24(20)25)16-7-17-32-23-8-3-2-4-9-23/h2-6,8-15,18-19H,7,16-17H2,1H3,(H2,28,29,33)/b27-18+. The summed E-state index contributed by atoms with van der Waals surface area (Å²) >= 11 is 5.34. The highest BCUT2D eigenvalue weighted by molar-refractivity contribution is 7.80. The Balaban J connectivity index is 1.35. The van der Waals surface area contributed by atoms with E-state index in [-0.39, 0.29) is 0 Å². The normalized spacial score (nSPS) is 10.9. The topological polar surface area (TPSA) is 59.8 Å². The number of ether oxygens (including phenoxy) is 2. The van der Waals surface area contributed by atoms with Crippen molar-refractivity contribution >= 4 is 40.1 Å². The Labute approximate surface area is 198 Å². The van der Waals surface area contributed by atoms with Crippen LogP contribution in [0.25, 0.3) is 10.9 Å². The molecule has 0 aliphatic rings. The predicted octanol–water partition coefficient (Wildman–Crippen LogP) is 5.44. The van der Waals surface area contributed by atoms with Crippen molar-refractivity contribution in [2.24, 2.45) is 5.10 Å². The van der Waals surface area contributed by atoms with Gasteiger partial charge in [0, 0.05) is 34.9 Å². The van der Waals surface area contributed by atoms with Crippen LogP contribution in [0.1, 0.15) is 12.0 Å². The lowest BCUT2D eigenvalue weighted by molar-refractivity contribution is 0.302. The van der Waals surface area contributed by atoms with Gasteiger partial charge in [0.15, 0.2) is 5.11 Å². The van der Waals surface area contributed by atoms with Crippen LogP contribution in [0.2, 0.25) is 0 Å². The Morgan fingerprint density at radius 3 is 2.52 bits per heavy atom. The average molecular weight is 459 g/mol. The number of hydrazone groups is 1. The van der Waals surface area contributed by atoms with Crippen LogP contribution in [-0.4, -0.2) is 29.6 Å². The molecule has 7 heteroatoms. The molecule has 0 saturated carbocycles. The molecule has 0 aliphatic heterocycles. The Morgan fingerprint density at radius 1 is 0.970 bits per heavy atom. The van der Waals surface area contributed by atoms with E-state index >= 15 is 0 Å². The molecule has 4 rings (SSSR count). The van der Waals surface area contributed by atoms with Crippen LogP contribution < -0.4 is 20.2 Å².